The minimum atomic E-state index is -0.0503. The summed E-state index contributed by atoms with van der Waals surface area (Å²) in [6, 6.07) is 0.552. The van der Waals surface area contributed by atoms with Crippen molar-refractivity contribution in [3.05, 3.63) is 21.6 Å². The number of carbonyl (C=O) groups excluding carboxylic acids is 1. The average Bonchev–Trinajstić information content (AvgIpc) is 3.50. The molecule has 1 aromatic heterocycles. The molecule has 2 aliphatic carbocycles. The van der Waals surface area contributed by atoms with Crippen molar-refractivity contribution in [2.75, 3.05) is 50.8 Å². The molecule has 4 aliphatic rings. The number of H-pyrrole nitrogens is 1. The summed E-state index contributed by atoms with van der Waals surface area (Å²) in [5.74, 6) is 0.883. The van der Waals surface area contributed by atoms with Crippen LogP contribution in [0.5, 0.6) is 0 Å². The Bertz CT molecular complexity index is 811. The fourth-order valence-electron chi connectivity index (χ4n) is 4.87. The number of aromatic nitrogens is 2. The second kappa shape index (κ2) is 8.24. The highest BCUT2D eigenvalue weighted by Crippen LogP contribution is 2.44. The first-order chi connectivity index (χ1) is 13.6. The van der Waals surface area contributed by atoms with Crippen molar-refractivity contribution < 1.29 is 9.53 Å². The van der Waals surface area contributed by atoms with E-state index in [1.165, 1.54) is 12.8 Å². The molecule has 3 heterocycles. The van der Waals surface area contributed by atoms with Gasteiger partial charge in [0, 0.05) is 43.2 Å². The summed E-state index contributed by atoms with van der Waals surface area (Å²) in [6.45, 7) is 4.80. The molecule has 1 amide bonds. The number of halogens is 1. The van der Waals surface area contributed by atoms with Crippen LogP contribution in [0.25, 0.3) is 0 Å². The number of rotatable bonds is 4. The van der Waals surface area contributed by atoms with Crippen LogP contribution in [0.4, 0.5) is 5.95 Å². The Morgan fingerprint density at radius 2 is 1.90 bits per heavy atom. The zero-order valence-corrected chi connectivity index (χ0v) is 17.6. The smallest absolute Gasteiger partial charge is 0.255 e. The number of piperidine rings is 1. The minimum Gasteiger partial charge on any atom is -0.378 e. The lowest BCUT2D eigenvalue weighted by atomic mass is 9.76. The third-order valence-electron chi connectivity index (χ3n) is 6.86. The molecular formula is C20H30ClN5O3. The van der Waals surface area contributed by atoms with Gasteiger partial charge in [0.2, 0.25) is 11.9 Å². The van der Waals surface area contributed by atoms with Gasteiger partial charge in [-0.15, -0.1) is 12.4 Å². The van der Waals surface area contributed by atoms with Gasteiger partial charge in [-0.2, -0.15) is 0 Å². The number of morpholine rings is 1. The van der Waals surface area contributed by atoms with E-state index in [9.17, 15) is 9.59 Å². The number of fused-ring (bicyclic) bond motifs is 2. The maximum atomic E-state index is 12.7. The molecule has 1 spiro atoms. The number of nitrogens with zero attached hydrogens (tertiary/aromatic N) is 3. The van der Waals surface area contributed by atoms with E-state index in [0.29, 0.717) is 31.7 Å². The first-order valence-electron chi connectivity index (χ1n) is 10.6. The van der Waals surface area contributed by atoms with Gasteiger partial charge in [0.1, 0.15) is 0 Å². The van der Waals surface area contributed by atoms with E-state index in [1.54, 1.807) is 0 Å². The van der Waals surface area contributed by atoms with Crippen molar-refractivity contribution in [1.29, 1.82) is 0 Å². The van der Waals surface area contributed by atoms with E-state index in [2.05, 4.69) is 15.2 Å². The lowest BCUT2D eigenvalue weighted by molar-refractivity contribution is -0.131. The van der Waals surface area contributed by atoms with E-state index in [4.69, 9.17) is 9.72 Å². The zero-order valence-electron chi connectivity index (χ0n) is 16.7. The molecule has 2 N–H and O–H groups in total. The van der Waals surface area contributed by atoms with Gasteiger partial charge in [-0.1, -0.05) is 0 Å². The Labute approximate surface area is 176 Å². The van der Waals surface area contributed by atoms with Crippen LogP contribution >= 0.6 is 12.4 Å². The van der Waals surface area contributed by atoms with Gasteiger partial charge in [-0.05, 0) is 38.5 Å². The summed E-state index contributed by atoms with van der Waals surface area (Å²) in [5.41, 5.74) is 1.80. The predicted molar refractivity (Wildman–Crippen MR) is 112 cm³/mol. The standard InChI is InChI=1S/C20H29N5O3.ClH/c26-16(13-21-14-1-2-14)24-7-5-20(6-8-24)4-3-15-17(20)22-19(23-18(15)27)25-9-11-28-12-10-25;/h14,21H,1-13H2,(H,22,23,27);1H. The van der Waals surface area contributed by atoms with E-state index in [1.807, 2.05) is 4.90 Å². The Kier molecular flexibility index (Phi) is 5.86. The molecule has 2 aliphatic heterocycles. The van der Waals surface area contributed by atoms with Crippen molar-refractivity contribution in [3.8, 4) is 0 Å². The van der Waals surface area contributed by atoms with Crippen LogP contribution in [0, 0.1) is 0 Å². The Hall–Kier alpha value is -1.64. The van der Waals surface area contributed by atoms with Gasteiger partial charge in [-0.25, -0.2) is 4.98 Å². The minimum absolute atomic E-state index is 0. The van der Waals surface area contributed by atoms with Crippen molar-refractivity contribution in [2.45, 2.75) is 50.0 Å². The number of nitrogens with one attached hydrogen (secondary N) is 2. The van der Waals surface area contributed by atoms with Crippen LogP contribution < -0.4 is 15.8 Å². The lowest BCUT2D eigenvalue weighted by Gasteiger charge is -2.39. The van der Waals surface area contributed by atoms with E-state index in [0.717, 1.165) is 63.1 Å². The molecule has 0 atom stereocenters. The van der Waals surface area contributed by atoms with Gasteiger partial charge >= 0.3 is 0 Å². The maximum Gasteiger partial charge on any atom is 0.255 e. The number of anilines is 1. The van der Waals surface area contributed by atoms with Crippen LogP contribution in [0.3, 0.4) is 0 Å². The number of aromatic amines is 1. The fourth-order valence-corrected chi connectivity index (χ4v) is 4.87. The highest BCUT2D eigenvalue weighted by Gasteiger charge is 2.45. The Morgan fingerprint density at radius 3 is 2.59 bits per heavy atom. The molecule has 0 unspecified atom stereocenters. The molecule has 5 rings (SSSR count). The molecule has 8 nitrogen and oxygen atoms in total. The van der Waals surface area contributed by atoms with Crippen molar-refractivity contribution in [1.82, 2.24) is 20.2 Å². The van der Waals surface area contributed by atoms with E-state index < -0.39 is 0 Å². The van der Waals surface area contributed by atoms with Crippen LogP contribution in [0.2, 0.25) is 0 Å². The Balaban J connectivity index is 0.00000205. The highest BCUT2D eigenvalue weighted by atomic mass is 35.5. The predicted octanol–water partition coefficient (Wildman–Crippen LogP) is 0.587. The summed E-state index contributed by atoms with van der Waals surface area (Å²) < 4.78 is 5.42. The summed E-state index contributed by atoms with van der Waals surface area (Å²) in [5, 5.41) is 3.32. The summed E-state index contributed by atoms with van der Waals surface area (Å²) >= 11 is 0. The monoisotopic (exact) mass is 423 g/mol. The quantitative estimate of drug-likeness (QED) is 0.736. The third kappa shape index (κ3) is 4.02. The first kappa shape index (κ1) is 20.6. The van der Waals surface area contributed by atoms with Gasteiger partial charge in [-0.3, -0.25) is 14.6 Å². The summed E-state index contributed by atoms with van der Waals surface area (Å²) in [7, 11) is 0. The first-order valence-corrected chi connectivity index (χ1v) is 10.6. The number of hydrogen-bond acceptors (Lipinski definition) is 6. The third-order valence-corrected chi connectivity index (χ3v) is 6.86. The van der Waals surface area contributed by atoms with Crippen LogP contribution in [-0.4, -0.2) is 72.8 Å². The molecule has 2 saturated heterocycles. The molecule has 0 bridgehead atoms. The SMILES string of the molecule is Cl.O=C(CNC1CC1)N1CCC2(CCc3c2nc(N2CCOCC2)[nH]c3=O)CC1. The van der Waals surface area contributed by atoms with Gasteiger partial charge in [0.15, 0.2) is 0 Å². The van der Waals surface area contributed by atoms with Crippen molar-refractivity contribution in [2.24, 2.45) is 0 Å². The topological polar surface area (TPSA) is 90.6 Å². The van der Waals surface area contributed by atoms with Gasteiger partial charge in [0.25, 0.3) is 5.56 Å². The number of ether oxygens (including phenoxy) is 1. The molecule has 3 fully saturated rings. The second-order valence-corrected chi connectivity index (χ2v) is 8.63. The van der Waals surface area contributed by atoms with Crippen molar-refractivity contribution >= 4 is 24.3 Å². The summed E-state index contributed by atoms with van der Waals surface area (Å²) in [6.07, 6.45) is 5.94. The fraction of sp³-hybridized carbons (Fsp3) is 0.750. The molecule has 29 heavy (non-hydrogen) atoms. The number of likely N-dealkylation sites (tertiary alicyclic amines) is 1. The molecule has 1 saturated carbocycles. The molecule has 160 valence electrons. The lowest BCUT2D eigenvalue weighted by Crippen LogP contribution is -2.47. The maximum absolute atomic E-state index is 12.7. The summed E-state index contributed by atoms with van der Waals surface area (Å²) in [4.78, 5) is 37.2. The molecule has 1 aromatic rings. The number of carbonyl (C=O) groups is 1. The van der Waals surface area contributed by atoms with Crippen LogP contribution in [0.15, 0.2) is 4.79 Å². The molecule has 0 aromatic carbocycles. The largest absolute Gasteiger partial charge is 0.378 e. The zero-order chi connectivity index (χ0) is 19.1. The van der Waals surface area contributed by atoms with Crippen molar-refractivity contribution in [3.63, 3.8) is 0 Å². The highest BCUT2D eigenvalue weighted by molar-refractivity contribution is 5.85. The van der Waals surface area contributed by atoms with E-state index in [-0.39, 0.29) is 29.3 Å². The average molecular weight is 424 g/mol. The van der Waals surface area contributed by atoms with E-state index >= 15 is 0 Å². The van der Waals surface area contributed by atoms with Crippen LogP contribution in [-0.2, 0) is 21.4 Å². The number of amides is 1. The van der Waals surface area contributed by atoms with Gasteiger partial charge < -0.3 is 19.9 Å². The second-order valence-electron chi connectivity index (χ2n) is 8.63. The van der Waals surface area contributed by atoms with Gasteiger partial charge in [0.05, 0.1) is 25.5 Å². The Morgan fingerprint density at radius 1 is 1.17 bits per heavy atom. The van der Waals surface area contributed by atoms with Crippen LogP contribution in [0.1, 0.15) is 43.4 Å². The number of hydrogen-bond donors (Lipinski definition) is 2. The molecular weight excluding hydrogens is 394 g/mol. The molecule has 9 heteroatoms. The normalized spacial score (nSPS) is 23.0. The molecule has 0 radical (unpaired) electrons.